The minimum Gasteiger partial charge on any atom is -0.211 e. The number of allylic oxidation sites excluding steroid dienone is 3. The lowest BCUT2D eigenvalue weighted by Crippen LogP contribution is -2.14. The van der Waals surface area contributed by atoms with E-state index in [1.54, 1.807) is 6.08 Å². The number of nitrogens with zero attached hydrogens (tertiary/aromatic N) is 1. The zero-order valence-electron chi connectivity index (χ0n) is 10.6. The van der Waals surface area contributed by atoms with E-state index in [0.717, 1.165) is 6.42 Å². The molecule has 0 N–H and O–H groups in total. The summed E-state index contributed by atoms with van der Waals surface area (Å²) >= 11 is 2.35. The Morgan fingerprint density at radius 2 is 2.06 bits per heavy atom. The van der Waals surface area contributed by atoms with Gasteiger partial charge < -0.3 is 0 Å². The van der Waals surface area contributed by atoms with E-state index in [1.165, 1.54) is 9.14 Å². The molecule has 1 aromatic rings. The van der Waals surface area contributed by atoms with Gasteiger partial charge in [-0.05, 0) is 55.7 Å². The maximum absolute atomic E-state index is 10.1. The van der Waals surface area contributed by atoms with Gasteiger partial charge >= 0.3 is 0 Å². The summed E-state index contributed by atoms with van der Waals surface area (Å²) in [5.74, 6) is 0. The topological polar surface area (TPSA) is 29.4 Å². The van der Waals surface area contributed by atoms with Crippen LogP contribution in [0.25, 0.3) is 0 Å². The summed E-state index contributed by atoms with van der Waals surface area (Å²) in [5, 5.41) is 0. The number of benzene rings is 1. The largest absolute Gasteiger partial charge is 0.240 e. The lowest BCUT2D eigenvalue weighted by Gasteiger charge is -2.24. The van der Waals surface area contributed by atoms with E-state index in [0.29, 0.717) is 5.69 Å². The quantitative estimate of drug-likeness (QED) is 0.326. The molecule has 0 spiro atoms. The Morgan fingerprint density at radius 1 is 1.44 bits per heavy atom. The molecule has 0 fully saturated rings. The lowest BCUT2D eigenvalue weighted by molar-refractivity contribution is 0.473. The monoisotopic (exact) mass is 353 g/mol. The van der Waals surface area contributed by atoms with E-state index in [2.05, 4.69) is 48.0 Å². The van der Waals surface area contributed by atoms with Gasteiger partial charge in [0, 0.05) is 0 Å². The van der Waals surface area contributed by atoms with E-state index in [-0.39, 0.29) is 5.41 Å². The van der Waals surface area contributed by atoms with Crippen molar-refractivity contribution in [3.05, 3.63) is 52.1 Å². The Balaban J connectivity index is 2.87. The summed E-state index contributed by atoms with van der Waals surface area (Å²) in [6, 6.07) is 7.66. The molecular formula is C15H16INO. The smallest absolute Gasteiger partial charge is 0.211 e. The van der Waals surface area contributed by atoms with E-state index in [1.807, 2.05) is 36.4 Å². The van der Waals surface area contributed by atoms with Crippen molar-refractivity contribution in [3.8, 4) is 0 Å². The van der Waals surface area contributed by atoms with Crippen molar-refractivity contribution < 1.29 is 4.79 Å². The van der Waals surface area contributed by atoms with E-state index >= 15 is 0 Å². The van der Waals surface area contributed by atoms with Crippen molar-refractivity contribution in [2.75, 3.05) is 0 Å². The molecule has 0 aliphatic rings. The fraction of sp³-hybridized carbons (Fsp3) is 0.267. The number of hydrogen-bond acceptors (Lipinski definition) is 2. The maximum atomic E-state index is 10.1. The average Bonchev–Trinajstić information content (AvgIpc) is 2.32. The molecule has 0 aliphatic heterocycles. The first-order valence-electron chi connectivity index (χ1n) is 5.65. The second-order valence-electron chi connectivity index (χ2n) is 4.68. The van der Waals surface area contributed by atoms with Crippen molar-refractivity contribution in [2.24, 2.45) is 10.4 Å². The second kappa shape index (κ2) is 6.66. The molecular weight excluding hydrogens is 337 g/mol. The SMILES string of the molecule is C=C/C=C(\I)C(C)(C)Cc1ccc(N=C=O)cc1. The van der Waals surface area contributed by atoms with E-state index < -0.39 is 0 Å². The van der Waals surface area contributed by atoms with Gasteiger partial charge in [0.25, 0.3) is 0 Å². The number of isocyanates is 1. The summed E-state index contributed by atoms with van der Waals surface area (Å²) < 4.78 is 1.27. The molecule has 18 heavy (non-hydrogen) atoms. The van der Waals surface area contributed by atoms with Crippen molar-refractivity contribution in [1.29, 1.82) is 0 Å². The van der Waals surface area contributed by atoms with Crippen LogP contribution in [0.4, 0.5) is 5.69 Å². The molecule has 0 aliphatic carbocycles. The zero-order valence-corrected chi connectivity index (χ0v) is 12.8. The van der Waals surface area contributed by atoms with Gasteiger partial charge in [0.2, 0.25) is 6.08 Å². The van der Waals surface area contributed by atoms with Crippen LogP contribution in [-0.2, 0) is 11.2 Å². The number of rotatable bonds is 5. The molecule has 0 saturated carbocycles. The molecule has 1 aromatic carbocycles. The Bertz CT molecular complexity index is 494. The van der Waals surface area contributed by atoms with E-state index in [4.69, 9.17) is 0 Å². The van der Waals surface area contributed by atoms with Gasteiger partial charge in [-0.2, -0.15) is 4.99 Å². The Morgan fingerprint density at radius 3 is 2.56 bits per heavy atom. The van der Waals surface area contributed by atoms with Crippen LogP contribution in [0.1, 0.15) is 19.4 Å². The van der Waals surface area contributed by atoms with E-state index in [9.17, 15) is 4.79 Å². The first-order valence-corrected chi connectivity index (χ1v) is 6.73. The van der Waals surface area contributed by atoms with Gasteiger partial charge in [-0.1, -0.05) is 44.7 Å². The molecule has 0 bridgehead atoms. The minimum atomic E-state index is 0.0736. The van der Waals surface area contributed by atoms with Gasteiger partial charge in [-0.25, -0.2) is 4.79 Å². The van der Waals surface area contributed by atoms with Crippen LogP contribution < -0.4 is 0 Å². The standard InChI is InChI=1S/C15H16INO/c1-4-5-14(16)15(2,3)10-12-6-8-13(9-7-12)17-11-18/h4-9H,1,10H2,2-3H3/b14-5-. The molecule has 0 aromatic heterocycles. The molecule has 2 nitrogen and oxygen atoms in total. The Labute approximate surface area is 122 Å². The summed E-state index contributed by atoms with van der Waals surface area (Å²) in [4.78, 5) is 13.7. The lowest BCUT2D eigenvalue weighted by atomic mass is 9.85. The molecule has 0 amide bonds. The van der Waals surface area contributed by atoms with Crippen LogP contribution in [0.2, 0.25) is 0 Å². The third kappa shape index (κ3) is 4.24. The fourth-order valence-electron chi connectivity index (χ4n) is 1.66. The van der Waals surface area contributed by atoms with Gasteiger partial charge in [-0.15, -0.1) is 0 Å². The highest BCUT2D eigenvalue weighted by Crippen LogP contribution is 2.35. The molecule has 94 valence electrons. The predicted octanol–water partition coefficient (Wildman–Crippen LogP) is 4.73. The van der Waals surface area contributed by atoms with Crippen LogP contribution >= 0.6 is 22.6 Å². The highest BCUT2D eigenvalue weighted by molar-refractivity contribution is 14.1. The Kier molecular flexibility index (Phi) is 5.51. The van der Waals surface area contributed by atoms with Crippen LogP contribution in [0, 0.1) is 5.41 Å². The summed E-state index contributed by atoms with van der Waals surface area (Å²) in [6.45, 7) is 8.12. The third-order valence-corrected chi connectivity index (χ3v) is 4.49. The molecule has 0 heterocycles. The molecule has 0 unspecified atom stereocenters. The highest BCUT2D eigenvalue weighted by Gasteiger charge is 2.21. The normalized spacial score (nSPS) is 11.8. The number of carbonyl (C=O) groups excluding carboxylic acids is 1. The van der Waals surface area contributed by atoms with Crippen molar-refractivity contribution in [3.63, 3.8) is 0 Å². The summed E-state index contributed by atoms with van der Waals surface area (Å²) in [6.07, 6.45) is 6.32. The molecule has 1 rings (SSSR count). The van der Waals surface area contributed by atoms with Crippen LogP contribution in [0.3, 0.4) is 0 Å². The van der Waals surface area contributed by atoms with Crippen molar-refractivity contribution in [2.45, 2.75) is 20.3 Å². The predicted molar refractivity (Wildman–Crippen MR) is 84.0 cm³/mol. The minimum absolute atomic E-state index is 0.0736. The third-order valence-electron chi connectivity index (χ3n) is 2.67. The van der Waals surface area contributed by atoms with Crippen LogP contribution in [0.15, 0.2) is 51.6 Å². The fourth-order valence-corrected chi connectivity index (χ4v) is 2.11. The second-order valence-corrected chi connectivity index (χ2v) is 5.84. The molecule has 0 saturated heterocycles. The Hall–Kier alpha value is -1.19. The first kappa shape index (κ1) is 14.9. The average molecular weight is 353 g/mol. The van der Waals surface area contributed by atoms with Crippen molar-refractivity contribution >= 4 is 34.4 Å². The van der Waals surface area contributed by atoms with Crippen LogP contribution in [-0.4, -0.2) is 6.08 Å². The first-order chi connectivity index (χ1) is 8.49. The molecule has 0 radical (unpaired) electrons. The van der Waals surface area contributed by atoms with Gasteiger partial charge in [-0.3, -0.25) is 0 Å². The van der Waals surface area contributed by atoms with Gasteiger partial charge in [0.05, 0.1) is 5.69 Å². The summed E-state index contributed by atoms with van der Waals surface area (Å²) in [7, 11) is 0. The zero-order chi connectivity index (χ0) is 13.6. The summed E-state index contributed by atoms with van der Waals surface area (Å²) in [5.41, 5.74) is 1.93. The number of halogens is 1. The highest BCUT2D eigenvalue weighted by atomic mass is 127. The maximum Gasteiger partial charge on any atom is 0.240 e. The van der Waals surface area contributed by atoms with Crippen LogP contribution in [0.5, 0.6) is 0 Å². The number of aliphatic imine (C=N–C) groups is 1. The number of hydrogen-bond donors (Lipinski definition) is 0. The van der Waals surface area contributed by atoms with Crippen molar-refractivity contribution in [1.82, 2.24) is 0 Å². The van der Waals surface area contributed by atoms with Gasteiger partial charge in [0.1, 0.15) is 0 Å². The molecule has 0 atom stereocenters. The molecule has 3 heteroatoms. The van der Waals surface area contributed by atoms with Gasteiger partial charge in [0.15, 0.2) is 0 Å².